The third-order valence-electron chi connectivity index (χ3n) is 2.78. The molecule has 2 rings (SSSR count). The lowest BCUT2D eigenvalue weighted by Crippen LogP contribution is -2.45. The SMILES string of the molecule is COc1ccc(-c2n[nH]c(CN=C(N)NC(C)(C)C)n2)cc1.I. The number of nitrogens with one attached hydrogen (secondary N) is 2. The molecular weight excluding hydrogens is 407 g/mol. The van der Waals surface area contributed by atoms with E-state index in [0.29, 0.717) is 24.2 Å². The van der Waals surface area contributed by atoms with Gasteiger partial charge in [0, 0.05) is 11.1 Å². The van der Waals surface area contributed by atoms with Gasteiger partial charge in [0.25, 0.3) is 0 Å². The predicted molar refractivity (Wildman–Crippen MR) is 102 cm³/mol. The van der Waals surface area contributed by atoms with Crippen LogP contribution in [0.2, 0.25) is 0 Å². The molecule has 0 bridgehead atoms. The molecule has 1 aromatic heterocycles. The lowest BCUT2D eigenvalue weighted by molar-refractivity contribution is 0.415. The molecule has 4 N–H and O–H groups in total. The van der Waals surface area contributed by atoms with Crippen molar-refractivity contribution in [2.45, 2.75) is 32.9 Å². The molecule has 23 heavy (non-hydrogen) atoms. The fraction of sp³-hybridized carbons (Fsp3) is 0.400. The van der Waals surface area contributed by atoms with Crippen LogP contribution in [0, 0.1) is 0 Å². The summed E-state index contributed by atoms with van der Waals surface area (Å²) in [6.45, 7) is 6.40. The number of aliphatic imine (C=N–C) groups is 1. The molecule has 0 saturated heterocycles. The number of hydrogen-bond acceptors (Lipinski definition) is 4. The molecule has 7 nitrogen and oxygen atoms in total. The fourth-order valence-electron chi connectivity index (χ4n) is 1.82. The lowest BCUT2D eigenvalue weighted by Gasteiger charge is -2.20. The number of aromatic nitrogens is 3. The summed E-state index contributed by atoms with van der Waals surface area (Å²) in [5.41, 5.74) is 6.61. The standard InChI is InChI=1S/C15H22N6O.HI/c1-15(2,3)19-14(16)17-9-12-18-13(21-20-12)10-5-7-11(22-4)8-6-10;/h5-8H,9H2,1-4H3,(H3,16,17,19)(H,18,20,21);1H. The maximum absolute atomic E-state index is 5.82. The van der Waals surface area contributed by atoms with Crippen molar-refractivity contribution >= 4 is 29.9 Å². The molecule has 0 spiro atoms. The van der Waals surface area contributed by atoms with Gasteiger partial charge in [-0.1, -0.05) is 0 Å². The van der Waals surface area contributed by atoms with E-state index >= 15 is 0 Å². The van der Waals surface area contributed by atoms with Crippen LogP contribution in [-0.4, -0.2) is 33.8 Å². The summed E-state index contributed by atoms with van der Waals surface area (Å²) >= 11 is 0. The Morgan fingerprint density at radius 1 is 1.30 bits per heavy atom. The number of rotatable bonds is 4. The van der Waals surface area contributed by atoms with Crippen molar-refractivity contribution in [1.29, 1.82) is 0 Å². The normalized spacial score (nSPS) is 11.7. The van der Waals surface area contributed by atoms with Crippen molar-refractivity contribution in [1.82, 2.24) is 20.5 Å². The van der Waals surface area contributed by atoms with E-state index < -0.39 is 0 Å². The van der Waals surface area contributed by atoms with Gasteiger partial charge in [-0.2, -0.15) is 5.10 Å². The number of guanidine groups is 1. The molecular formula is C15H23IN6O. The molecule has 0 radical (unpaired) electrons. The van der Waals surface area contributed by atoms with Crippen molar-refractivity contribution in [3.8, 4) is 17.1 Å². The van der Waals surface area contributed by atoms with Crippen LogP contribution < -0.4 is 15.8 Å². The summed E-state index contributed by atoms with van der Waals surface area (Å²) in [5, 5.41) is 10.1. The van der Waals surface area contributed by atoms with Gasteiger partial charge in [0.15, 0.2) is 11.8 Å². The van der Waals surface area contributed by atoms with Gasteiger partial charge in [-0.25, -0.2) is 9.98 Å². The molecule has 1 aromatic carbocycles. The first-order chi connectivity index (χ1) is 10.4. The van der Waals surface area contributed by atoms with Crippen molar-refractivity contribution in [2.75, 3.05) is 7.11 Å². The van der Waals surface area contributed by atoms with E-state index in [-0.39, 0.29) is 29.5 Å². The van der Waals surface area contributed by atoms with Crippen LogP contribution in [0.15, 0.2) is 29.3 Å². The Labute approximate surface area is 153 Å². The van der Waals surface area contributed by atoms with Gasteiger partial charge in [0.2, 0.25) is 0 Å². The molecule has 0 aliphatic rings. The first kappa shape index (κ1) is 19.2. The van der Waals surface area contributed by atoms with Gasteiger partial charge in [-0.05, 0) is 45.0 Å². The van der Waals surface area contributed by atoms with Crippen LogP contribution in [0.5, 0.6) is 5.75 Å². The highest BCUT2D eigenvalue weighted by Crippen LogP contribution is 2.18. The molecule has 126 valence electrons. The van der Waals surface area contributed by atoms with Crippen LogP contribution in [0.1, 0.15) is 26.6 Å². The van der Waals surface area contributed by atoms with E-state index in [1.807, 2.05) is 45.0 Å². The number of ether oxygens (including phenoxy) is 1. The van der Waals surface area contributed by atoms with Crippen LogP contribution in [0.4, 0.5) is 0 Å². The Balaban J connectivity index is 0.00000264. The summed E-state index contributed by atoms with van der Waals surface area (Å²) in [5.74, 6) is 2.46. The second-order valence-electron chi connectivity index (χ2n) is 5.91. The van der Waals surface area contributed by atoms with Gasteiger partial charge >= 0.3 is 0 Å². The van der Waals surface area contributed by atoms with Gasteiger partial charge in [0.05, 0.1) is 7.11 Å². The molecule has 0 atom stereocenters. The first-order valence-electron chi connectivity index (χ1n) is 7.01. The average molecular weight is 430 g/mol. The molecule has 0 aliphatic carbocycles. The monoisotopic (exact) mass is 430 g/mol. The third-order valence-corrected chi connectivity index (χ3v) is 2.78. The van der Waals surface area contributed by atoms with Crippen molar-refractivity contribution < 1.29 is 4.74 Å². The first-order valence-corrected chi connectivity index (χ1v) is 7.01. The Kier molecular flexibility index (Phi) is 6.79. The maximum atomic E-state index is 5.82. The van der Waals surface area contributed by atoms with Crippen LogP contribution in [0.3, 0.4) is 0 Å². The minimum atomic E-state index is -0.122. The highest BCUT2D eigenvalue weighted by molar-refractivity contribution is 14.0. The number of H-pyrrole nitrogens is 1. The second kappa shape index (κ2) is 8.14. The summed E-state index contributed by atoms with van der Waals surface area (Å²) in [7, 11) is 1.63. The van der Waals surface area contributed by atoms with Crippen LogP contribution >= 0.6 is 24.0 Å². The summed E-state index contributed by atoms with van der Waals surface area (Å²) in [6, 6.07) is 7.55. The quantitative estimate of drug-likeness (QED) is 0.393. The van der Waals surface area contributed by atoms with E-state index in [2.05, 4.69) is 25.5 Å². The minimum absolute atomic E-state index is 0. The summed E-state index contributed by atoms with van der Waals surface area (Å²) < 4.78 is 5.13. The number of aromatic amines is 1. The topological polar surface area (TPSA) is 101 Å². The Bertz CT molecular complexity index is 645. The smallest absolute Gasteiger partial charge is 0.189 e. The van der Waals surface area contributed by atoms with Gasteiger partial charge in [-0.3, -0.25) is 5.10 Å². The van der Waals surface area contributed by atoms with Crippen molar-refractivity contribution in [3.63, 3.8) is 0 Å². The van der Waals surface area contributed by atoms with E-state index in [1.54, 1.807) is 7.11 Å². The lowest BCUT2D eigenvalue weighted by atomic mass is 10.1. The molecule has 0 aliphatic heterocycles. The highest BCUT2D eigenvalue weighted by Gasteiger charge is 2.10. The number of halogens is 1. The van der Waals surface area contributed by atoms with E-state index in [4.69, 9.17) is 10.5 Å². The Morgan fingerprint density at radius 2 is 1.96 bits per heavy atom. The molecule has 2 aromatic rings. The summed E-state index contributed by atoms with van der Waals surface area (Å²) in [4.78, 5) is 8.65. The molecule has 0 amide bonds. The van der Waals surface area contributed by atoms with Crippen LogP contribution in [0.25, 0.3) is 11.4 Å². The molecule has 1 heterocycles. The number of hydrogen-bond donors (Lipinski definition) is 3. The maximum Gasteiger partial charge on any atom is 0.189 e. The van der Waals surface area contributed by atoms with Gasteiger partial charge in [0.1, 0.15) is 18.1 Å². The minimum Gasteiger partial charge on any atom is -0.497 e. The third kappa shape index (κ3) is 6.05. The molecule has 8 heteroatoms. The van der Waals surface area contributed by atoms with Crippen molar-refractivity contribution in [2.24, 2.45) is 10.7 Å². The zero-order valence-corrected chi connectivity index (χ0v) is 16.1. The van der Waals surface area contributed by atoms with Gasteiger partial charge < -0.3 is 15.8 Å². The van der Waals surface area contributed by atoms with E-state index in [9.17, 15) is 0 Å². The number of methoxy groups -OCH3 is 1. The Hall–Kier alpha value is -1.84. The van der Waals surface area contributed by atoms with Crippen molar-refractivity contribution in [3.05, 3.63) is 30.1 Å². The van der Waals surface area contributed by atoms with Crippen LogP contribution in [-0.2, 0) is 6.54 Å². The number of nitrogens with zero attached hydrogens (tertiary/aromatic N) is 3. The molecule has 0 fully saturated rings. The zero-order valence-electron chi connectivity index (χ0n) is 13.8. The average Bonchev–Trinajstić information content (AvgIpc) is 2.92. The largest absolute Gasteiger partial charge is 0.497 e. The molecule has 0 unspecified atom stereocenters. The number of nitrogens with two attached hydrogens (primary N) is 1. The Morgan fingerprint density at radius 3 is 2.52 bits per heavy atom. The second-order valence-corrected chi connectivity index (χ2v) is 5.91. The van der Waals surface area contributed by atoms with E-state index in [0.717, 1.165) is 11.3 Å². The zero-order chi connectivity index (χ0) is 16.2. The fourth-order valence-corrected chi connectivity index (χ4v) is 1.82. The molecule has 0 saturated carbocycles. The van der Waals surface area contributed by atoms with E-state index in [1.165, 1.54) is 0 Å². The predicted octanol–water partition coefficient (Wildman–Crippen LogP) is 2.30. The van der Waals surface area contributed by atoms with Gasteiger partial charge in [-0.15, -0.1) is 24.0 Å². The highest BCUT2D eigenvalue weighted by atomic mass is 127. The summed E-state index contributed by atoms with van der Waals surface area (Å²) in [6.07, 6.45) is 0. The number of benzene rings is 1.